The first kappa shape index (κ1) is 20.7. The molecule has 0 saturated carbocycles. The van der Waals surface area contributed by atoms with Crippen molar-refractivity contribution >= 4 is 41.5 Å². The van der Waals surface area contributed by atoms with E-state index in [-0.39, 0.29) is 24.0 Å². The third-order valence-electron chi connectivity index (χ3n) is 3.26. The van der Waals surface area contributed by atoms with Crippen LogP contribution in [-0.4, -0.2) is 33.8 Å². The van der Waals surface area contributed by atoms with Crippen LogP contribution in [0, 0.1) is 0 Å². The molecule has 1 heterocycles. The summed E-state index contributed by atoms with van der Waals surface area (Å²) < 4.78 is 1.98. The van der Waals surface area contributed by atoms with Crippen LogP contribution < -0.4 is 10.6 Å². The first-order valence-corrected chi connectivity index (χ1v) is 8.24. The summed E-state index contributed by atoms with van der Waals surface area (Å²) in [6, 6.07) is 7.78. The van der Waals surface area contributed by atoms with E-state index in [1.54, 1.807) is 12.7 Å². The minimum Gasteiger partial charge on any atom is -0.357 e. The number of unbranched alkanes of at least 4 members (excludes halogenated alkanes) is 1. The van der Waals surface area contributed by atoms with Crippen LogP contribution in [-0.2, 0) is 13.1 Å². The van der Waals surface area contributed by atoms with Crippen LogP contribution in [0.25, 0.3) is 0 Å². The monoisotopic (exact) mass is 462 g/mol. The van der Waals surface area contributed by atoms with Crippen molar-refractivity contribution in [2.24, 2.45) is 4.99 Å². The van der Waals surface area contributed by atoms with E-state index in [1.807, 2.05) is 28.8 Å². The molecule has 8 heteroatoms. The minimum absolute atomic E-state index is 0. The van der Waals surface area contributed by atoms with Crippen LogP contribution in [0.1, 0.15) is 25.3 Å². The van der Waals surface area contributed by atoms with Crippen molar-refractivity contribution in [1.29, 1.82) is 0 Å². The van der Waals surface area contributed by atoms with Gasteiger partial charge in [-0.05, 0) is 37.5 Å². The fourth-order valence-electron chi connectivity index (χ4n) is 2.11. The lowest BCUT2D eigenvalue weighted by molar-refractivity contribution is 0.598. The minimum atomic E-state index is 0. The summed E-state index contributed by atoms with van der Waals surface area (Å²) in [5.41, 5.74) is 1.10. The molecule has 0 aliphatic carbocycles. The molecule has 0 bridgehead atoms. The van der Waals surface area contributed by atoms with Crippen LogP contribution in [0.5, 0.6) is 0 Å². The number of nitrogens with one attached hydrogen (secondary N) is 2. The van der Waals surface area contributed by atoms with Crippen LogP contribution in [0.4, 0.5) is 0 Å². The number of hydrogen-bond acceptors (Lipinski definition) is 3. The summed E-state index contributed by atoms with van der Waals surface area (Å²) in [6.07, 6.45) is 5.60. The normalized spacial score (nSPS) is 11.0. The molecule has 0 amide bonds. The van der Waals surface area contributed by atoms with E-state index in [2.05, 4.69) is 32.7 Å². The molecule has 0 radical (unpaired) electrons. The lowest BCUT2D eigenvalue weighted by atomic mass is 10.2. The highest BCUT2D eigenvalue weighted by atomic mass is 127. The Morgan fingerprint density at radius 1 is 1.21 bits per heavy atom. The van der Waals surface area contributed by atoms with Gasteiger partial charge in [0.2, 0.25) is 0 Å². The predicted molar refractivity (Wildman–Crippen MR) is 109 cm³/mol. The summed E-state index contributed by atoms with van der Waals surface area (Å²) in [5, 5.41) is 14.9. The molecule has 0 spiro atoms. The fraction of sp³-hybridized carbons (Fsp3) is 0.438. The third-order valence-corrected chi connectivity index (χ3v) is 3.49. The summed E-state index contributed by atoms with van der Waals surface area (Å²) in [7, 11) is 0. The maximum atomic E-state index is 5.99. The second-order valence-corrected chi connectivity index (χ2v) is 5.60. The van der Waals surface area contributed by atoms with Gasteiger partial charge in [0.1, 0.15) is 12.7 Å². The number of aryl methyl sites for hydroxylation is 1. The summed E-state index contributed by atoms with van der Waals surface area (Å²) >= 11 is 5.99. The Kier molecular flexibility index (Phi) is 10.4. The van der Waals surface area contributed by atoms with Gasteiger partial charge < -0.3 is 15.2 Å². The molecule has 24 heavy (non-hydrogen) atoms. The number of rotatable bonds is 8. The molecule has 1 aromatic heterocycles. The van der Waals surface area contributed by atoms with Crippen molar-refractivity contribution in [3.63, 3.8) is 0 Å². The number of halogens is 2. The first-order valence-electron chi connectivity index (χ1n) is 7.87. The summed E-state index contributed by atoms with van der Waals surface area (Å²) in [5.74, 6) is 0.830. The number of aromatic nitrogens is 3. The van der Waals surface area contributed by atoms with Crippen LogP contribution in [0.3, 0.4) is 0 Å². The second-order valence-electron chi connectivity index (χ2n) is 5.16. The summed E-state index contributed by atoms with van der Waals surface area (Å²) in [4.78, 5) is 4.58. The van der Waals surface area contributed by atoms with Crippen LogP contribution in [0.2, 0.25) is 5.02 Å². The second kappa shape index (κ2) is 12.1. The molecule has 6 nitrogen and oxygen atoms in total. The van der Waals surface area contributed by atoms with E-state index < -0.39 is 0 Å². The number of hydrogen-bond donors (Lipinski definition) is 2. The average molecular weight is 463 g/mol. The Hall–Kier alpha value is -1.35. The van der Waals surface area contributed by atoms with Gasteiger partial charge >= 0.3 is 0 Å². The standard InChI is InChI=1S/C16H23ClN6.HI/c1-2-18-16(20-11-14-6-5-7-15(17)10-14)19-8-3-4-9-23-12-21-22-13-23;/h5-7,10,12-13H,2-4,8-9,11H2,1H3,(H2,18,19,20);1H. The average Bonchev–Trinajstić information content (AvgIpc) is 3.05. The van der Waals surface area contributed by atoms with Gasteiger partial charge in [-0.3, -0.25) is 0 Å². The Morgan fingerprint density at radius 2 is 2.00 bits per heavy atom. The molecule has 132 valence electrons. The maximum absolute atomic E-state index is 5.99. The topological polar surface area (TPSA) is 67.1 Å². The number of guanidine groups is 1. The number of nitrogens with zero attached hydrogens (tertiary/aromatic N) is 4. The number of benzene rings is 1. The van der Waals surface area contributed by atoms with Gasteiger partial charge in [-0.1, -0.05) is 23.7 Å². The van der Waals surface area contributed by atoms with E-state index in [1.165, 1.54) is 0 Å². The highest BCUT2D eigenvalue weighted by Crippen LogP contribution is 2.11. The molecule has 2 aromatic rings. The lowest BCUT2D eigenvalue weighted by Gasteiger charge is -2.11. The summed E-state index contributed by atoms with van der Waals surface area (Å²) in [6.45, 7) is 5.32. The van der Waals surface area contributed by atoms with Crippen molar-refractivity contribution < 1.29 is 0 Å². The van der Waals surface area contributed by atoms with Crippen molar-refractivity contribution in [1.82, 2.24) is 25.4 Å². The quantitative estimate of drug-likeness (QED) is 0.274. The molecular formula is C16H24ClIN6. The van der Waals surface area contributed by atoms with Gasteiger partial charge in [0.25, 0.3) is 0 Å². The molecule has 0 saturated heterocycles. The van der Waals surface area contributed by atoms with Gasteiger partial charge in [-0.15, -0.1) is 34.2 Å². The Labute approximate surface area is 165 Å². The smallest absolute Gasteiger partial charge is 0.191 e. The predicted octanol–water partition coefficient (Wildman–Crippen LogP) is 3.09. The van der Waals surface area contributed by atoms with Crippen LogP contribution in [0.15, 0.2) is 41.9 Å². The number of aliphatic imine (C=N–C) groups is 1. The van der Waals surface area contributed by atoms with Crippen molar-refractivity contribution in [3.05, 3.63) is 47.5 Å². The highest BCUT2D eigenvalue weighted by Gasteiger charge is 1.98. The van der Waals surface area contributed by atoms with E-state index in [0.29, 0.717) is 6.54 Å². The highest BCUT2D eigenvalue weighted by molar-refractivity contribution is 14.0. The van der Waals surface area contributed by atoms with Gasteiger partial charge in [-0.2, -0.15) is 0 Å². The molecule has 0 aliphatic rings. The van der Waals surface area contributed by atoms with Crippen molar-refractivity contribution in [2.45, 2.75) is 32.9 Å². The zero-order chi connectivity index (χ0) is 16.3. The first-order chi connectivity index (χ1) is 11.3. The molecule has 0 fully saturated rings. The molecule has 0 unspecified atom stereocenters. The SMILES string of the molecule is CCNC(=NCc1cccc(Cl)c1)NCCCCn1cnnc1.I. The zero-order valence-corrected chi connectivity index (χ0v) is 16.9. The molecule has 0 aliphatic heterocycles. The Bertz CT molecular complexity index is 602. The molecular weight excluding hydrogens is 439 g/mol. The van der Waals surface area contributed by atoms with E-state index >= 15 is 0 Å². The third kappa shape index (κ3) is 7.96. The Morgan fingerprint density at radius 3 is 2.71 bits per heavy atom. The maximum Gasteiger partial charge on any atom is 0.191 e. The molecule has 2 N–H and O–H groups in total. The largest absolute Gasteiger partial charge is 0.357 e. The van der Waals surface area contributed by atoms with Crippen molar-refractivity contribution in [2.75, 3.05) is 13.1 Å². The van der Waals surface area contributed by atoms with E-state index in [4.69, 9.17) is 11.6 Å². The van der Waals surface area contributed by atoms with Gasteiger partial charge in [0.05, 0.1) is 6.54 Å². The van der Waals surface area contributed by atoms with E-state index in [9.17, 15) is 0 Å². The van der Waals surface area contributed by atoms with Gasteiger partial charge in [0.15, 0.2) is 5.96 Å². The Balaban J connectivity index is 0.00000288. The molecule has 2 rings (SSSR count). The van der Waals surface area contributed by atoms with E-state index in [0.717, 1.165) is 49.0 Å². The molecule has 1 aromatic carbocycles. The van der Waals surface area contributed by atoms with Crippen LogP contribution >= 0.6 is 35.6 Å². The van der Waals surface area contributed by atoms with Gasteiger partial charge in [0, 0.05) is 24.7 Å². The molecule has 0 atom stereocenters. The fourth-order valence-corrected chi connectivity index (χ4v) is 2.32. The zero-order valence-electron chi connectivity index (χ0n) is 13.8. The lowest BCUT2D eigenvalue weighted by Crippen LogP contribution is -2.37. The van der Waals surface area contributed by atoms with Crippen molar-refractivity contribution in [3.8, 4) is 0 Å². The van der Waals surface area contributed by atoms with Gasteiger partial charge in [-0.25, -0.2) is 4.99 Å².